The Bertz CT molecular complexity index is 814. The van der Waals surface area contributed by atoms with Gasteiger partial charge in [0, 0.05) is 42.8 Å². The third-order valence-electron chi connectivity index (χ3n) is 4.92. The maximum atomic E-state index is 13.1. The summed E-state index contributed by atoms with van der Waals surface area (Å²) >= 11 is 0. The van der Waals surface area contributed by atoms with Crippen molar-refractivity contribution in [2.75, 3.05) is 11.9 Å². The SMILES string of the molecule is O=C(Nc1cccc(C(=O)N(Cc2cccnc2)C2CC2)c1)[C@H]1CCCO1. The lowest BCUT2D eigenvalue weighted by atomic mass is 10.1. The van der Waals surface area contributed by atoms with Gasteiger partial charge in [0.05, 0.1) is 0 Å². The minimum absolute atomic E-state index is 0.0189. The number of benzene rings is 1. The molecule has 1 aliphatic heterocycles. The van der Waals surface area contributed by atoms with Crippen molar-refractivity contribution in [2.45, 2.75) is 44.4 Å². The van der Waals surface area contributed by atoms with E-state index in [1.54, 1.807) is 36.7 Å². The van der Waals surface area contributed by atoms with Crippen molar-refractivity contribution in [1.29, 1.82) is 0 Å². The van der Waals surface area contributed by atoms with E-state index in [1.807, 2.05) is 17.0 Å². The number of nitrogens with zero attached hydrogens (tertiary/aromatic N) is 2. The summed E-state index contributed by atoms with van der Waals surface area (Å²) in [7, 11) is 0. The lowest BCUT2D eigenvalue weighted by molar-refractivity contribution is -0.124. The minimum Gasteiger partial charge on any atom is -0.368 e. The van der Waals surface area contributed by atoms with E-state index in [0.717, 1.165) is 31.2 Å². The van der Waals surface area contributed by atoms with Gasteiger partial charge in [0.1, 0.15) is 6.10 Å². The molecule has 1 aromatic heterocycles. The van der Waals surface area contributed by atoms with E-state index in [-0.39, 0.29) is 17.9 Å². The Morgan fingerprint density at radius 1 is 1.19 bits per heavy atom. The van der Waals surface area contributed by atoms with Crippen molar-refractivity contribution >= 4 is 17.5 Å². The molecule has 1 saturated heterocycles. The highest BCUT2D eigenvalue weighted by atomic mass is 16.5. The van der Waals surface area contributed by atoms with Gasteiger partial charge in [0.25, 0.3) is 11.8 Å². The molecule has 2 amide bonds. The van der Waals surface area contributed by atoms with Crippen LogP contribution in [0.1, 0.15) is 41.6 Å². The van der Waals surface area contributed by atoms with Crippen LogP contribution >= 0.6 is 0 Å². The summed E-state index contributed by atoms with van der Waals surface area (Å²) in [5.41, 5.74) is 2.22. The monoisotopic (exact) mass is 365 g/mol. The highest BCUT2D eigenvalue weighted by Gasteiger charge is 2.33. The number of anilines is 1. The second-order valence-electron chi connectivity index (χ2n) is 7.10. The zero-order chi connectivity index (χ0) is 18.6. The molecule has 2 heterocycles. The molecule has 0 radical (unpaired) electrons. The van der Waals surface area contributed by atoms with Gasteiger partial charge in [-0.05, 0) is 55.5 Å². The summed E-state index contributed by atoms with van der Waals surface area (Å²) in [4.78, 5) is 31.4. The molecule has 0 unspecified atom stereocenters. The molecule has 0 spiro atoms. The molecule has 1 aliphatic carbocycles. The van der Waals surface area contributed by atoms with E-state index >= 15 is 0 Å². The van der Waals surface area contributed by atoms with Crippen LogP contribution in [-0.2, 0) is 16.1 Å². The van der Waals surface area contributed by atoms with Crippen LogP contribution in [0.25, 0.3) is 0 Å². The minimum atomic E-state index is -0.391. The first-order chi connectivity index (χ1) is 13.2. The van der Waals surface area contributed by atoms with Crippen molar-refractivity contribution in [3.05, 3.63) is 59.9 Å². The Balaban J connectivity index is 1.47. The molecule has 140 valence electrons. The van der Waals surface area contributed by atoms with Crippen LogP contribution < -0.4 is 5.32 Å². The average Bonchev–Trinajstić information content (AvgIpc) is 3.39. The quantitative estimate of drug-likeness (QED) is 0.854. The molecule has 0 bridgehead atoms. The van der Waals surface area contributed by atoms with Crippen LogP contribution in [0.3, 0.4) is 0 Å². The summed E-state index contributed by atoms with van der Waals surface area (Å²) in [5.74, 6) is -0.166. The first kappa shape index (κ1) is 17.7. The fourth-order valence-corrected chi connectivity index (χ4v) is 3.34. The molecule has 4 rings (SSSR count). The van der Waals surface area contributed by atoms with E-state index in [2.05, 4.69) is 10.3 Å². The summed E-state index contributed by atoms with van der Waals surface area (Å²) in [6.45, 7) is 1.17. The van der Waals surface area contributed by atoms with Crippen molar-refractivity contribution < 1.29 is 14.3 Å². The number of rotatable bonds is 6. The molecule has 2 aromatic rings. The standard InChI is InChI=1S/C21H23N3O3/c25-20(19-7-3-11-27-19)23-17-6-1-5-16(12-17)21(26)24(18-8-9-18)14-15-4-2-10-22-13-15/h1-2,4-6,10,12-13,18-19H,3,7-9,11,14H2,(H,23,25)/t19-/m1/s1. The smallest absolute Gasteiger partial charge is 0.254 e. The van der Waals surface area contributed by atoms with Crippen LogP contribution in [-0.4, -0.2) is 40.5 Å². The topological polar surface area (TPSA) is 71.5 Å². The molecular formula is C21H23N3O3. The molecule has 1 atom stereocenters. The van der Waals surface area contributed by atoms with E-state index in [0.29, 0.717) is 24.4 Å². The third-order valence-corrected chi connectivity index (χ3v) is 4.92. The van der Waals surface area contributed by atoms with E-state index in [9.17, 15) is 9.59 Å². The first-order valence-corrected chi connectivity index (χ1v) is 9.43. The predicted molar refractivity (Wildman–Crippen MR) is 101 cm³/mol. The Kier molecular flexibility index (Phi) is 5.16. The molecule has 27 heavy (non-hydrogen) atoms. The predicted octanol–water partition coefficient (Wildman–Crippen LogP) is 3.00. The van der Waals surface area contributed by atoms with Gasteiger partial charge in [0.2, 0.25) is 0 Å². The Labute approximate surface area is 158 Å². The largest absolute Gasteiger partial charge is 0.368 e. The highest BCUT2D eigenvalue weighted by Crippen LogP contribution is 2.30. The van der Waals surface area contributed by atoms with Crippen molar-refractivity contribution in [3.63, 3.8) is 0 Å². The number of hydrogen-bond donors (Lipinski definition) is 1. The molecule has 2 fully saturated rings. The van der Waals surface area contributed by atoms with Gasteiger partial charge in [-0.1, -0.05) is 12.1 Å². The number of ether oxygens (including phenoxy) is 1. The fourth-order valence-electron chi connectivity index (χ4n) is 3.34. The van der Waals surface area contributed by atoms with E-state index in [1.165, 1.54) is 0 Å². The maximum absolute atomic E-state index is 13.1. The fraction of sp³-hybridized carbons (Fsp3) is 0.381. The van der Waals surface area contributed by atoms with Crippen molar-refractivity contribution in [2.24, 2.45) is 0 Å². The second kappa shape index (κ2) is 7.88. The van der Waals surface area contributed by atoms with Gasteiger partial charge in [-0.15, -0.1) is 0 Å². The number of hydrogen-bond acceptors (Lipinski definition) is 4. The Hall–Kier alpha value is -2.73. The van der Waals surface area contributed by atoms with Gasteiger partial charge < -0.3 is 15.0 Å². The van der Waals surface area contributed by atoms with E-state index in [4.69, 9.17) is 4.74 Å². The Morgan fingerprint density at radius 2 is 2.07 bits per heavy atom. The molecule has 6 nitrogen and oxygen atoms in total. The second-order valence-corrected chi connectivity index (χ2v) is 7.10. The number of carbonyl (C=O) groups is 2. The van der Waals surface area contributed by atoms with Crippen molar-refractivity contribution in [1.82, 2.24) is 9.88 Å². The van der Waals surface area contributed by atoms with Gasteiger partial charge in [-0.25, -0.2) is 0 Å². The molecule has 1 saturated carbocycles. The zero-order valence-corrected chi connectivity index (χ0v) is 15.1. The van der Waals surface area contributed by atoms with Crippen LogP contribution in [0.15, 0.2) is 48.8 Å². The maximum Gasteiger partial charge on any atom is 0.254 e. The molecular weight excluding hydrogens is 342 g/mol. The summed E-state index contributed by atoms with van der Waals surface area (Å²) in [6.07, 6.45) is 6.83. The van der Waals surface area contributed by atoms with Gasteiger partial charge in [-0.2, -0.15) is 0 Å². The molecule has 2 aliphatic rings. The van der Waals surface area contributed by atoms with Crippen LogP contribution in [0, 0.1) is 0 Å². The average molecular weight is 365 g/mol. The van der Waals surface area contributed by atoms with Crippen LogP contribution in [0.5, 0.6) is 0 Å². The normalized spacial score (nSPS) is 18.9. The lowest BCUT2D eigenvalue weighted by Gasteiger charge is -2.23. The Morgan fingerprint density at radius 3 is 2.78 bits per heavy atom. The van der Waals surface area contributed by atoms with E-state index < -0.39 is 6.10 Å². The first-order valence-electron chi connectivity index (χ1n) is 9.43. The van der Waals surface area contributed by atoms with Gasteiger partial charge in [0.15, 0.2) is 0 Å². The summed E-state index contributed by atoms with van der Waals surface area (Å²) in [6, 6.07) is 11.3. The molecule has 1 N–H and O–H groups in total. The zero-order valence-electron chi connectivity index (χ0n) is 15.1. The lowest BCUT2D eigenvalue weighted by Crippen LogP contribution is -2.32. The number of amides is 2. The highest BCUT2D eigenvalue weighted by molar-refractivity contribution is 5.98. The summed E-state index contributed by atoms with van der Waals surface area (Å²) in [5, 5.41) is 2.87. The number of pyridine rings is 1. The number of nitrogens with one attached hydrogen (secondary N) is 1. The van der Waals surface area contributed by atoms with Crippen LogP contribution in [0.2, 0.25) is 0 Å². The summed E-state index contributed by atoms with van der Waals surface area (Å²) < 4.78 is 5.42. The van der Waals surface area contributed by atoms with Crippen molar-refractivity contribution in [3.8, 4) is 0 Å². The van der Waals surface area contributed by atoms with Crippen LogP contribution in [0.4, 0.5) is 5.69 Å². The molecule has 1 aromatic carbocycles. The molecule has 6 heteroatoms. The van der Waals surface area contributed by atoms with Gasteiger partial charge >= 0.3 is 0 Å². The number of carbonyl (C=O) groups excluding carboxylic acids is 2. The third kappa shape index (κ3) is 4.34. The number of aromatic nitrogens is 1. The van der Waals surface area contributed by atoms with Gasteiger partial charge in [-0.3, -0.25) is 14.6 Å².